The van der Waals surface area contributed by atoms with Crippen LogP contribution < -0.4 is 4.90 Å². The van der Waals surface area contributed by atoms with Crippen LogP contribution in [0, 0.1) is 23.7 Å². The van der Waals surface area contributed by atoms with E-state index in [2.05, 4.69) is 61.2 Å². The molecule has 2 heterocycles. The molecule has 0 N–H and O–H groups in total. The normalized spacial score (nSPS) is 36.5. The molecule has 1 aromatic carbocycles. The lowest BCUT2D eigenvalue weighted by molar-refractivity contribution is 0.0266. The predicted octanol–water partition coefficient (Wildman–Crippen LogP) is 5.56. The standard InChI is InChI=1S/C23H28N2/c1-16-11-18-13-17(2)23(19(12-16)14-18)15-25(20-7-4-3-5-8-20)22-21(23)9-6-10-24-22/h3-10,16-19H,11-15H2,1-2H3. The van der Waals surface area contributed by atoms with Crippen molar-refractivity contribution in [1.29, 1.82) is 0 Å². The summed E-state index contributed by atoms with van der Waals surface area (Å²) in [6, 6.07) is 15.4. The van der Waals surface area contributed by atoms with E-state index in [0.29, 0.717) is 0 Å². The zero-order chi connectivity index (χ0) is 17.0. The van der Waals surface area contributed by atoms with Crippen LogP contribution in [0.1, 0.15) is 45.1 Å². The van der Waals surface area contributed by atoms with E-state index in [-0.39, 0.29) is 5.41 Å². The van der Waals surface area contributed by atoms with Crippen molar-refractivity contribution in [3.63, 3.8) is 0 Å². The van der Waals surface area contributed by atoms with Crippen LogP contribution >= 0.6 is 0 Å². The largest absolute Gasteiger partial charge is 0.325 e. The van der Waals surface area contributed by atoms with Crippen LogP contribution in [0.4, 0.5) is 11.5 Å². The van der Waals surface area contributed by atoms with Crippen molar-refractivity contribution >= 4 is 11.5 Å². The van der Waals surface area contributed by atoms with Gasteiger partial charge in [0.15, 0.2) is 0 Å². The Morgan fingerprint density at radius 3 is 2.64 bits per heavy atom. The molecule has 130 valence electrons. The Kier molecular flexibility index (Phi) is 3.45. The van der Waals surface area contributed by atoms with Crippen LogP contribution in [0.3, 0.4) is 0 Å². The minimum absolute atomic E-state index is 0.282. The summed E-state index contributed by atoms with van der Waals surface area (Å²) in [6.07, 6.45) is 7.61. The molecular weight excluding hydrogens is 304 g/mol. The van der Waals surface area contributed by atoms with Crippen molar-refractivity contribution in [2.45, 2.75) is 44.9 Å². The second-order valence-corrected chi connectivity index (χ2v) is 8.85. The molecule has 5 rings (SSSR count). The average molecular weight is 332 g/mol. The topological polar surface area (TPSA) is 16.1 Å². The Balaban J connectivity index is 1.64. The molecule has 2 bridgehead atoms. The molecule has 2 nitrogen and oxygen atoms in total. The molecule has 0 radical (unpaired) electrons. The number of nitrogens with zero attached hydrogens (tertiary/aromatic N) is 2. The van der Waals surface area contributed by atoms with Crippen LogP contribution in [0.5, 0.6) is 0 Å². The lowest BCUT2D eigenvalue weighted by Gasteiger charge is -2.53. The van der Waals surface area contributed by atoms with Crippen molar-refractivity contribution in [2.75, 3.05) is 11.4 Å². The van der Waals surface area contributed by atoms with E-state index in [1.807, 2.05) is 6.20 Å². The van der Waals surface area contributed by atoms with Gasteiger partial charge >= 0.3 is 0 Å². The molecule has 1 spiro atoms. The number of rotatable bonds is 1. The van der Waals surface area contributed by atoms with Gasteiger partial charge < -0.3 is 4.90 Å². The highest BCUT2D eigenvalue weighted by atomic mass is 15.2. The number of aromatic nitrogens is 1. The monoisotopic (exact) mass is 332 g/mol. The Hall–Kier alpha value is -1.83. The van der Waals surface area contributed by atoms with Gasteiger partial charge in [-0.1, -0.05) is 38.1 Å². The first-order valence-electron chi connectivity index (χ1n) is 9.96. The summed E-state index contributed by atoms with van der Waals surface area (Å²) >= 11 is 0. The van der Waals surface area contributed by atoms with E-state index >= 15 is 0 Å². The molecule has 5 unspecified atom stereocenters. The Morgan fingerprint density at radius 1 is 0.960 bits per heavy atom. The van der Waals surface area contributed by atoms with Gasteiger partial charge in [0.05, 0.1) is 0 Å². The summed E-state index contributed by atoms with van der Waals surface area (Å²) in [5.41, 5.74) is 3.09. The lowest BCUT2D eigenvalue weighted by Crippen LogP contribution is -2.51. The number of anilines is 2. The minimum Gasteiger partial charge on any atom is -0.325 e. The molecule has 2 aromatic rings. The molecule has 2 heteroatoms. The van der Waals surface area contributed by atoms with Gasteiger partial charge in [0.2, 0.25) is 0 Å². The second kappa shape index (κ2) is 5.59. The van der Waals surface area contributed by atoms with E-state index in [4.69, 9.17) is 4.98 Å². The van der Waals surface area contributed by atoms with Gasteiger partial charge in [0, 0.05) is 29.4 Å². The highest BCUT2D eigenvalue weighted by Crippen LogP contribution is 2.60. The predicted molar refractivity (Wildman–Crippen MR) is 103 cm³/mol. The minimum atomic E-state index is 0.282. The van der Waals surface area contributed by atoms with Crippen LogP contribution in [-0.2, 0) is 5.41 Å². The third-order valence-corrected chi connectivity index (χ3v) is 7.37. The molecule has 2 fully saturated rings. The first-order chi connectivity index (χ1) is 12.2. The maximum Gasteiger partial charge on any atom is 0.136 e. The zero-order valence-corrected chi connectivity index (χ0v) is 15.4. The van der Waals surface area contributed by atoms with Gasteiger partial charge in [-0.05, 0) is 67.6 Å². The van der Waals surface area contributed by atoms with Gasteiger partial charge in [0.25, 0.3) is 0 Å². The van der Waals surface area contributed by atoms with Crippen molar-refractivity contribution < 1.29 is 0 Å². The highest BCUT2D eigenvalue weighted by Gasteiger charge is 2.56. The summed E-state index contributed by atoms with van der Waals surface area (Å²) in [5, 5.41) is 0. The molecule has 25 heavy (non-hydrogen) atoms. The van der Waals surface area contributed by atoms with E-state index in [0.717, 1.165) is 30.2 Å². The smallest absolute Gasteiger partial charge is 0.136 e. The summed E-state index contributed by atoms with van der Waals surface area (Å²) in [5.74, 6) is 4.57. The van der Waals surface area contributed by atoms with Gasteiger partial charge in [-0.15, -0.1) is 0 Å². The molecule has 3 aliphatic rings. The molecule has 2 aliphatic carbocycles. The molecule has 1 aromatic heterocycles. The van der Waals surface area contributed by atoms with E-state index in [9.17, 15) is 0 Å². The third kappa shape index (κ3) is 2.19. The van der Waals surface area contributed by atoms with E-state index in [1.165, 1.54) is 42.8 Å². The van der Waals surface area contributed by atoms with E-state index < -0.39 is 0 Å². The number of hydrogen-bond donors (Lipinski definition) is 0. The summed E-state index contributed by atoms with van der Waals surface area (Å²) in [7, 11) is 0. The van der Waals surface area contributed by atoms with Crippen LogP contribution in [0.2, 0.25) is 0 Å². The fourth-order valence-corrected chi connectivity index (χ4v) is 6.46. The van der Waals surface area contributed by atoms with Gasteiger partial charge in [-0.2, -0.15) is 0 Å². The second-order valence-electron chi connectivity index (χ2n) is 8.85. The van der Waals surface area contributed by atoms with Gasteiger partial charge in [-0.25, -0.2) is 4.98 Å². The maximum absolute atomic E-state index is 4.85. The molecule has 0 saturated heterocycles. The fraction of sp³-hybridized carbons (Fsp3) is 0.522. The molecule has 2 saturated carbocycles. The van der Waals surface area contributed by atoms with E-state index in [1.54, 1.807) is 0 Å². The van der Waals surface area contributed by atoms with Crippen molar-refractivity contribution in [3.8, 4) is 0 Å². The number of hydrogen-bond acceptors (Lipinski definition) is 2. The molecule has 5 atom stereocenters. The quantitative estimate of drug-likeness (QED) is 0.679. The highest BCUT2D eigenvalue weighted by molar-refractivity contribution is 5.69. The third-order valence-electron chi connectivity index (χ3n) is 7.37. The summed E-state index contributed by atoms with van der Waals surface area (Å²) in [6.45, 7) is 6.09. The number of benzene rings is 1. The summed E-state index contributed by atoms with van der Waals surface area (Å²) in [4.78, 5) is 7.34. The first kappa shape index (κ1) is 15.4. The zero-order valence-electron chi connectivity index (χ0n) is 15.4. The molecule has 0 amide bonds. The maximum atomic E-state index is 4.85. The SMILES string of the molecule is CC1CC2CC(C)C3(CN(c4ccccc4)c4ncccc43)C(C1)C2. The molecular formula is C23H28N2. The lowest BCUT2D eigenvalue weighted by atomic mass is 9.51. The van der Waals surface area contributed by atoms with Crippen LogP contribution in [0.25, 0.3) is 0 Å². The van der Waals surface area contributed by atoms with Crippen molar-refractivity contribution in [1.82, 2.24) is 4.98 Å². The van der Waals surface area contributed by atoms with Gasteiger partial charge in [0.1, 0.15) is 5.82 Å². The molecule has 1 aliphatic heterocycles. The number of para-hydroxylation sites is 1. The number of fused-ring (bicyclic) bond motifs is 5. The van der Waals surface area contributed by atoms with Crippen LogP contribution in [-0.4, -0.2) is 11.5 Å². The Labute approximate surface area is 151 Å². The Bertz CT molecular complexity index is 767. The Morgan fingerprint density at radius 2 is 1.80 bits per heavy atom. The van der Waals surface area contributed by atoms with Gasteiger partial charge in [-0.3, -0.25) is 0 Å². The average Bonchev–Trinajstić information content (AvgIpc) is 2.97. The summed E-state index contributed by atoms with van der Waals surface area (Å²) < 4.78 is 0. The first-order valence-corrected chi connectivity index (χ1v) is 9.96. The fourth-order valence-electron chi connectivity index (χ4n) is 6.46. The van der Waals surface area contributed by atoms with Crippen molar-refractivity contribution in [3.05, 3.63) is 54.2 Å². The van der Waals surface area contributed by atoms with Crippen molar-refractivity contribution in [2.24, 2.45) is 23.7 Å². The number of pyridine rings is 1. The van der Waals surface area contributed by atoms with Crippen LogP contribution in [0.15, 0.2) is 48.7 Å².